The summed E-state index contributed by atoms with van der Waals surface area (Å²) in [7, 11) is 0. The first-order valence-corrected chi connectivity index (χ1v) is 12.2. The smallest absolute Gasteiger partial charge is 0.416 e. The van der Waals surface area contributed by atoms with Gasteiger partial charge in [-0.05, 0) is 61.6 Å². The number of hydrogen-bond acceptors (Lipinski definition) is 6. The molecule has 2 heterocycles. The van der Waals surface area contributed by atoms with Gasteiger partial charge in [0.1, 0.15) is 17.7 Å². The van der Waals surface area contributed by atoms with Crippen LogP contribution in [0.1, 0.15) is 70.6 Å². The topological polar surface area (TPSA) is 139 Å². The maximum absolute atomic E-state index is 13.2. The average molecular weight is 531 g/mol. The van der Waals surface area contributed by atoms with E-state index >= 15 is 0 Å². The van der Waals surface area contributed by atoms with Crippen molar-refractivity contribution in [3.63, 3.8) is 0 Å². The molecule has 0 saturated heterocycles. The van der Waals surface area contributed by atoms with Crippen LogP contribution in [0.2, 0.25) is 0 Å². The number of hydrogen-bond donors (Lipinski definition) is 3. The number of fused-ring (bicyclic) bond motifs is 4. The van der Waals surface area contributed by atoms with Gasteiger partial charge in [-0.25, -0.2) is 4.98 Å². The zero-order chi connectivity index (χ0) is 27.1. The molecule has 3 saturated carbocycles. The van der Waals surface area contributed by atoms with E-state index in [4.69, 9.17) is 0 Å². The molecule has 2 bridgehead atoms. The third-order valence-corrected chi connectivity index (χ3v) is 7.93. The van der Waals surface area contributed by atoms with Crippen molar-refractivity contribution < 1.29 is 32.7 Å². The van der Waals surface area contributed by atoms with Crippen molar-refractivity contribution in [2.24, 2.45) is 10.8 Å². The Morgan fingerprint density at radius 1 is 0.974 bits per heavy atom. The molecule has 3 fully saturated rings. The highest BCUT2D eigenvalue weighted by Crippen LogP contribution is 2.56. The van der Waals surface area contributed by atoms with Crippen LogP contribution >= 0.6 is 0 Å². The third kappa shape index (κ3) is 4.79. The standard InChI is InChI=1S/C25H25F3N6O4/c26-25(27,28)16-3-1-15(2-4-16)12-29-19(35)17-11-18(34-22(33-17)31-14-32-34)20(36)30-13-23-5-8-24(9-6-23,10-7-23)21(37)38/h1-4,11,14H,5-10,12-13H2,(H,29,35)(H,30,36)(H,37,38). The molecule has 6 rings (SSSR count). The molecule has 2 amide bonds. The first-order chi connectivity index (χ1) is 18.0. The Morgan fingerprint density at radius 3 is 2.24 bits per heavy atom. The second-order valence-electron chi connectivity index (χ2n) is 10.1. The van der Waals surface area contributed by atoms with Crippen LogP contribution in [0.3, 0.4) is 0 Å². The Kier molecular flexibility index (Phi) is 6.32. The molecule has 0 unspecified atom stereocenters. The minimum atomic E-state index is -4.45. The molecule has 10 nitrogen and oxygen atoms in total. The van der Waals surface area contributed by atoms with Gasteiger partial charge in [-0.3, -0.25) is 14.4 Å². The Balaban J connectivity index is 1.26. The van der Waals surface area contributed by atoms with Gasteiger partial charge in [0.2, 0.25) is 0 Å². The Bertz CT molecular complexity index is 1380. The second kappa shape index (κ2) is 9.37. The van der Waals surface area contributed by atoms with Gasteiger partial charge < -0.3 is 15.7 Å². The molecule has 0 atom stereocenters. The van der Waals surface area contributed by atoms with Crippen LogP contribution in [0.5, 0.6) is 0 Å². The predicted molar refractivity (Wildman–Crippen MR) is 126 cm³/mol. The summed E-state index contributed by atoms with van der Waals surface area (Å²) in [6, 6.07) is 5.70. The molecule has 2 aromatic heterocycles. The normalized spacial score (nSPS) is 22.8. The number of carbonyl (C=O) groups is 3. The number of nitrogens with zero attached hydrogens (tertiary/aromatic N) is 4. The summed E-state index contributed by atoms with van der Waals surface area (Å²) in [4.78, 5) is 45.8. The number of aliphatic carboxylic acids is 1. The van der Waals surface area contributed by atoms with Gasteiger partial charge in [-0.1, -0.05) is 12.1 Å². The van der Waals surface area contributed by atoms with Crippen LogP contribution in [-0.4, -0.2) is 49.0 Å². The third-order valence-electron chi connectivity index (χ3n) is 7.93. The number of alkyl halides is 3. The summed E-state index contributed by atoms with van der Waals surface area (Å²) in [5, 5.41) is 19.1. The number of amides is 2. The zero-order valence-corrected chi connectivity index (χ0v) is 20.2. The van der Waals surface area contributed by atoms with E-state index in [0.29, 0.717) is 50.6 Å². The number of carboxylic acid groups (broad SMARTS) is 1. The van der Waals surface area contributed by atoms with Gasteiger partial charge >= 0.3 is 12.1 Å². The molecule has 0 radical (unpaired) electrons. The first kappa shape index (κ1) is 25.6. The SMILES string of the molecule is O=C(NCc1ccc(C(F)(F)F)cc1)c1cc(C(=O)NCC23CCC(C(=O)O)(CC2)CC3)n2ncnc2n1. The fourth-order valence-corrected chi connectivity index (χ4v) is 5.38. The van der Waals surface area contributed by atoms with Crippen molar-refractivity contribution in [3.8, 4) is 0 Å². The maximum atomic E-state index is 13.2. The molecule has 0 spiro atoms. The summed E-state index contributed by atoms with van der Waals surface area (Å²) in [5.41, 5.74) is -1.18. The van der Waals surface area contributed by atoms with Gasteiger partial charge in [0.25, 0.3) is 17.6 Å². The maximum Gasteiger partial charge on any atom is 0.416 e. The summed E-state index contributed by atoms with van der Waals surface area (Å²) in [5.74, 6) is -1.82. The van der Waals surface area contributed by atoms with Gasteiger partial charge in [0.15, 0.2) is 0 Å². The number of carboxylic acids is 1. The van der Waals surface area contributed by atoms with E-state index in [2.05, 4.69) is 25.7 Å². The molecule has 1 aromatic carbocycles. The predicted octanol–water partition coefficient (Wildman–Crippen LogP) is 3.23. The number of halogens is 3. The molecule has 3 aromatic rings. The molecule has 3 aliphatic rings. The molecule has 200 valence electrons. The van der Waals surface area contributed by atoms with Crippen LogP contribution in [0, 0.1) is 10.8 Å². The van der Waals surface area contributed by atoms with Crippen molar-refractivity contribution in [2.45, 2.75) is 51.2 Å². The molecule has 38 heavy (non-hydrogen) atoms. The highest BCUT2D eigenvalue weighted by molar-refractivity contribution is 5.98. The number of carbonyl (C=O) groups excluding carboxylic acids is 2. The monoisotopic (exact) mass is 530 g/mol. The number of aromatic nitrogens is 4. The van der Waals surface area contributed by atoms with Crippen molar-refractivity contribution in [2.75, 3.05) is 6.54 Å². The zero-order valence-electron chi connectivity index (χ0n) is 20.2. The minimum absolute atomic E-state index is 0.0390. The van der Waals surface area contributed by atoms with Crippen LogP contribution in [0.15, 0.2) is 36.7 Å². The van der Waals surface area contributed by atoms with Crippen molar-refractivity contribution >= 4 is 23.6 Å². The van der Waals surface area contributed by atoms with Crippen molar-refractivity contribution in [1.29, 1.82) is 0 Å². The van der Waals surface area contributed by atoms with Gasteiger partial charge in [-0.2, -0.15) is 27.8 Å². The van der Waals surface area contributed by atoms with Gasteiger partial charge in [0, 0.05) is 19.2 Å². The molecule has 0 aliphatic heterocycles. The lowest BCUT2D eigenvalue weighted by Gasteiger charge is -2.51. The van der Waals surface area contributed by atoms with E-state index in [1.165, 1.54) is 29.0 Å². The fourth-order valence-electron chi connectivity index (χ4n) is 5.38. The molecular weight excluding hydrogens is 505 g/mol. The van der Waals surface area contributed by atoms with Crippen LogP contribution in [0.25, 0.3) is 5.78 Å². The summed E-state index contributed by atoms with van der Waals surface area (Å²) in [6.07, 6.45) is 0.658. The lowest BCUT2D eigenvalue weighted by molar-refractivity contribution is -0.158. The fraction of sp³-hybridized carbons (Fsp3) is 0.440. The van der Waals surface area contributed by atoms with E-state index in [0.717, 1.165) is 12.1 Å². The Labute approximate surface area is 214 Å². The number of nitrogens with one attached hydrogen (secondary N) is 2. The Morgan fingerprint density at radius 2 is 1.63 bits per heavy atom. The van der Waals surface area contributed by atoms with Crippen LogP contribution in [0.4, 0.5) is 13.2 Å². The minimum Gasteiger partial charge on any atom is -0.481 e. The molecule has 3 N–H and O–H groups in total. The lowest BCUT2D eigenvalue weighted by atomic mass is 9.53. The van der Waals surface area contributed by atoms with Crippen molar-refractivity contribution in [1.82, 2.24) is 30.2 Å². The van der Waals surface area contributed by atoms with Gasteiger partial charge in [-0.15, -0.1) is 0 Å². The van der Waals surface area contributed by atoms with E-state index in [1.54, 1.807) is 0 Å². The summed E-state index contributed by atoms with van der Waals surface area (Å²) < 4.78 is 39.5. The van der Waals surface area contributed by atoms with Crippen LogP contribution < -0.4 is 10.6 Å². The Hall–Kier alpha value is -4.03. The highest BCUT2D eigenvalue weighted by atomic mass is 19.4. The van der Waals surface area contributed by atoms with Crippen molar-refractivity contribution in [3.05, 3.63) is 59.2 Å². The first-order valence-electron chi connectivity index (χ1n) is 12.2. The number of rotatable bonds is 7. The van der Waals surface area contributed by atoms with Crippen LogP contribution in [-0.2, 0) is 17.5 Å². The van der Waals surface area contributed by atoms with E-state index in [1.807, 2.05) is 0 Å². The lowest BCUT2D eigenvalue weighted by Crippen LogP contribution is -2.50. The molecule has 3 aliphatic carbocycles. The quantitative estimate of drug-likeness (QED) is 0.426. The van der Waals surface area contributed by atoms with E-state index in [-0.39, 0.29) is 29.1 Å². The molecule has 13 heteroatoms. The molecular formula is C25H25F3N6O4. The highest BCUT2D eigenvalue weighted by Gasteiger charge is 2.52. The van der Waals surface area contributed by atoms with E-state index in [9.17, 15) is 32.7 Å². The van der Waals surface area contributed by atoms with Gasteiger partial charge in [0.05, 0.1) is 11.0 Å². The average Bonchev–Trinajstić information content (AvgIpc) is 3.39. The summed E-state index contributed by atoms with van der Waals surface area (Å²) >= 11 is 0. The van der Waals surface area contributed by atoms with E-state index < -0.39 is 34.9 Å². The summed E-state index contributed by atoms with van der Waals surface area (Å²) in [6.45, 7) is 0.327. The largest absolute Gasteiger partial charge is 0.481 e. The number of benzene rings is 1. The second-order valence-corrected chi connectivity index (χ2v) is 10.1.